The van der Waals surface area contributed by atoms with E-state index in [0.717, 1.165) is 115 Å². The van der Waals surface area contributed by atoms with E-state index in [1.165, 1.54) is 81.8 Å². The molecule has 0 radical (unpaired) electrons. The highest BCUT2D eigenvalue weighted by atomic mass is 15.2. The molecule has 0 N–H and O–H groups in total. The van der Waals surface area contributed by atoms with Gasteiger partial charge in [-0.05, 0) is 198 Å². The smallest absolute Gasteiger partial charge is 0.238 e. The quantitative estimate of drug-likeness (QED) is 0.128. The van der Waals surface area contributed by atoms with E-state index < -0.39 is 0 Å². The second-order valence-corrected chi connectivity index (χ2v) is 31.4. The van der Waals surface area contributed by atoms with E-state index in [1.54, 1.807) is 0 Å². The number of hydrogen-bond acceptors (Lipinski definition) is 6. The lowest BCUT2D eigenvalue weighted by Crippen LogP contribution is -2.06. The molecule has 0 spiro atoms. The van der Waals surface area contributed by atoms with Crippen molar-refractivity contribution in [2.75, 3.05) is 0 Å². The van der Waals surface area contributed by atoms with Crippen molar-refractivity contribution in [1.29, 1.82) is 0 Å². The molecule has 568 valence electrons. The van der Waals surface area contributed by atoms with Crippen molar-refractivity contribution in [2.45, 2.75) is 0 Å². The molecule has 0 aliphatic heterocycles. The predicted molar refractivity (Wildman–Crippen MR) is 505 cm³/mol. The van der Waals surface area contributed by atoms with E-state index in [-0.39, 0.29) is 0 Å². The van der Waals surface area contributed by atoms with E-state index in [2.05, 4.69) is 443 Å². The van der Waals surface area contributed by atoms with Gasteiger partial charge in [0.15, 0.2) is 23.3 Å². The van der Waals surface area contributed by atoms with Crippen molar-refractivity contribution in [1.82, 2.24) is 48.2 Å². The van der Waals surface area contributed by atoms with Gasteiger partial charge in [-0.1, -0.05) is 303 Å². The van der Waals surface area contributed by atoms with Gasteiger partial charge in [-0.2, -0.15) is 19.9 Å². The first-order valence-electron chi connectivity index (χ1n) is 41.3. The SMILES string of the molecule is c1ccc(-c2ccc(-n3c4ccccc4c4cc(-c5ccc6c(c5)c5ccccc5n6-c5nc(-c6ccc7ccccc7c6)nc(-c6ccc7ccccc7c6)n5)ccc43)cc2)cc1.c1ccc(-n2c3ccccc3c3cc(-c4ccc5c(c4)c4ccccc4n5-c4nc(-c5ccc6ccccc6c5)nc(-c5ccc6ccccc6c5)n4)ccc32)cc1. The summed E-state index contributed by atoms with van der Waals surface area (Å²) in [6.45, 7) is 0. The first kappa shape index (κ1) is 69.7. The zero-order valence-corrected chi connectivity index (χ0v) is 65.9. The van der Waals surface area contributed by atoms with Crippen LogP contribution in [0.5, 0.6) is 0 Å². The normalized spacial score (nSPS) is 11.8. The monoisotopic (exact) mass is 1550 g/mol. The Hall–Kier alpha value is -16.6. The van der Waals surface area contributed by atoms with Gasteiger partial charge in [0.25, 0.3) is 0 Å². The van der Waals surface area contributed by atoms with Gasteiger partial charge in [0.2, 0.25) is 11.9 Å². The van der Waals surface area contributed by atoms with Gasteiger partial charge in [0, 0.05) is 76.7 Å². The zero-order valence-electron chi connectivity index (χ0n) is 65.9. The van der Waals surface area contributed by atoms with Gasteiger partial charge in [-0.15, -0.1) is 0 Å². The average Bonchev–Trinajstić information content (AvgIpc) is 1.59. The first-order chi connectivity index (χ1) is 60.4. The molecule has 19 aromatic carbocycles. The van der Waals surface area contributed by atoms with E-state index in [0.29, 0.717) is 35.2 Å². The van der Waals surface area contributed by atoms with Crippen LogP contribution in [0.3, 0.4) is 0 Å². The average molecular weight is 1560 g/mol. The Morgan fingerprint density at radius 2 is 0.361 bits per heavy atom. The van der Waals surface area contributed by atoms with Gasteiger partial charge in [0.1, 0.15) is 0 Å². The van der Waals surface area contributed by atoms with Crippen LogP contribution in [-0.2, 0) is 0 Å². The third kappa shape index (κ3) is 11.9. The predicted octanol–water partition coefficient (Wildman–Crippen LogP) is 28.4. The van der Waals surface area contributed by atoms with Crippen LogP contribution in [0, 0.1) is 0 Å². The Kier molecular flexibility index (Phi) is 16.4. The summed E-state index contributed by atoms with van der Waals surface area (Å²) in [7, 11) is 0. The lowest BCUT2D eigenvalue weighted by atomic mass is 10.0. The third-order valence-corrected chi connectivity index (χ3v) is 24.3. The molecule has 0 amide bonds. The molecule has 122 heavy (non-hydrogen) atoms. The lowest BCUT2D eigenvalue weighted by molar-refractivity contribution is 0.953. The number of hydrogen-bond donors (Lipinski definition) is 0. The Labute approximate surface area is 700 Å². The van der Waals surface area contributed by atoms with Crippen LogP contribution in [0.15, 0.2) is 425 Å². The molecule has 25 rings (SSSR count). The molecule has 0 aliphatic rings. The topological polar surface area (TPSA) is 97.1 Å². The standard InChI is InChI=1S/C59H37N5.C53H33N5/c1-2-12-38(13-3-1)41-26-30-48(31-27-41)63-53-20-10-8-18-49(53)51-36-44(28-32-55(51)63)45-29-33-56-52(37-45)50-19-9-11-21-54(50)64(56)59-61-57(46-24-22-39-14-4-6-16-42(39)34-46)60-58(62-59)47-25-23-40-15-5-7-17-43(40)35-47;1-2-16-42(17-3-1)57-47-20-10-8-18-43(47)45-32-38(26-28-49(45)57)39-27-29-50-46(33-39)44-19-9-11-21-48(44)58(50)53-55-51(40-24-22-34-12-4-6-14-36(34)30-40)54-52(56-53)41-25-23-35-13-5-7-15-37(35)31-41/h1-37H;1-33H. The number of aromatic nitrogens is 10. The second-order valence-electron chi connectivity index (χ2n) is 31.4. The number of fused-ring (bicyclic) bond motifs is 16. The lowest BCUT2D eigenvalue weighted by Gasteiger charge is -2.12. The van der Waals surface area contributed by atoms with Crippen molar-refractivity contribution in [3.05, 3.63) is 425 Å². The minimum atomic E-state index is 0.575. The number of para-hydroxylation sites is 5. The van der Waals surface area contributed by atoms with Gasteiger partial charge in [-0.3, -0.25) is 9.13 Å². The minimum Gasteiger partial charge on any atom is -0.309 e. The van der Waals surface area contributed by atoms with E-state index in [1.807, 2.05) is 0 Å². The van der Waals surface area contributed by atoms with E-state index in [4.69, 9.17) is 29.9 Å². The van der Waals surface area contributed by atoms with Gasteiger partial charge >= 0.3 is 0 Å². The van der Waals surface area contributed by atoms with Crippen molar-refractivity contribution >= 4 is 130 Å². The van der Waals surface area contributed by atoms with Gasteiger partial charge in [-0.25, -0.2) is 9.97 Å². The van der Waals surface area contributed by atoms with Crippen LogP contribution < -0.4 is 0 Å². The maximum atomic E-state index is 5.27. The fourth-order valence-corrected chi connectivity index (χ4v) is 18.4. The van der Waals surface area contributed by atoms with E-state index in [9.17, 15) is 0 Å². The van der Waals surface area contributed by atoms with Gasteiger partial charge < -0.3 is 9.13 Å². The van der Waals surface area contributed by atoms with Crippen LogP contribution in [0.2, 0.25) is 0 Å². The second kappa shape index (κ2) is 28.7. The first-order valence-corrected chi connectivity index (χ1v) is 41.3. The van der Waals surface area contributed by atoms with Crippen LogP contribution >= 0.6 is 0 Å². The zero-order chi connectivity index (χ0) is 80.3. The molecular weight excluding hydrogens is 1490 g/mol. The molecular formula is C112H70N10. The van der Waals surface area contributed by atoms with Crippen LogP contribution in [0.25, 0.3) is 233 Å². The highest BCUT2D eigenvalue weighted by molar-refractivity contribution is 6.15. The Bertz CT molecular complexity index is 8330. The Balaban J connectivity index is 0.000000139. The molecule has 0 saturated carbocycles. The maximum absolute atomic E-state index is 5.27. The molecule has 0 aliphatic carbocycles. The molecule has 6 heterocycles. The number of benzene rings is 19. The van der Waals surface area contributed by atoms with Crippen molar-refractivity contribution in [3.8, 4) is 102 Å². The Morgan fingerprint density at radius 3 is 0.689 bits per heavy atom. The van der Waals surface area contributed by atoms with Crippen LogP contribution in [-0.4, -0.2) is 48.2 Å². The van der Waals surface area contributed by atoms with Crippen molar-refractivity contribution in [3.63, 3.8) is 0 Å². The summed E-state index contributed by atoms with van der Waals surface area (Å²) in [6, 6.07) is 151. The molecule has 0 unspecified atom stereocenters. The third-order valence-electron chi connectivity index (χ3n) is 24.3. The molecule has 25 aromatic rings. The number of rotatable bonds is 11. The summed E-state index contributed by atoms with van der Waals surface area (Å²) in [5.74, 6) is 3.66. The van der Waals surface area contributed by atoms with Crippen molar-refractivity contribution < 1.29 is 0 Å². The van der Waals surface area contributed by atoms with Gasteiger partial charge in [0.05, 0.1) is 44.1 Å². The fourth-order valence-electron chi connectivity index (χ4n) is 18.4. The summed E-state index contributed by atoms with van der Waals surface area (Å²) in [4.78, 5) is 31.3. The molecule has 0 bridgehead atoms. The highest BCUT2D eigenvalue weighted by Crippen LogP contribution is 2.43. The van der Waals surface area contributed by atoms with Crippen LogP contribution in [0.4, 0.5) is 0 Å². The number of nitrogens with zero attached hydrogens (tertiary/aromatic N) is 10. The Morgan fingerprint density at radius 1 is 0.131 bits per heavy atom. The molecule has 10 nitrogen and oxygen atoms in total. The maximum Gasteiger partial charge on any atom is 0.238 e. The molecule has 0 saturated heterocycles. The van der Waals surface area contributed by atoms with Crippen molar-refractivity contribution in [2.24, 2.45) is 0 Å². The summed E-state index contributed by atoms with van der Waals surface area (Å²) in [6.07, 6.45) is 0. The summed E-state index contributed by atoms with van der Waals surface area (Å²) < 4.78 is 9.14. The minimum absolute atomic E-state index is 0.575. The van der Waals surface area contributed by atoms with E-state index >= 15 is 0 Å². The van der Waals surface area contributed by atoms with Crippen LogP contribution in [0.1, 0.15) is 0 Å². The summed E-state index contributed by atoms with van der Waals surface area (Å²) in [5.41, 5.74) is 22.0. The largest absolute Gasteiger partial charge is 0.309 e. The summed E-state index contributed by atoms with van der Waals surface area (Å²) in [5, 5.41) is 18.7. The molecule has 10 heteroatoms. The molecule has 6 aromatic heterocycles. The highest BCUT2D eigenvalue weighted by Gasteiger charge is 2.24. The summed E-state index contributed by atoms with van der Waals surface area (Å²) >= 11 is 0. The molecule has 0 fully saturated rings. The molecule has 0 atom stereocenters. The fraction of sp³-hybridized carbons (Fsp3) is 0.